The molecule has 6 heteroatoms. The van der Waals surface area contributed by atoms with Gasteiger partial charge >= 0.3 is 0 Å². The zero-order valence-electron chi connectivity index (χ0n) is 14.7. The van der Waals surface area contributed by atoms with Crippen molar-refractivity contribution >= 4 is 5.91 Å². The van der Waals surface area contributed by atoms with E-state index in [1.807, 2.05) is 17.0 Å². The fraction of sp³-hybridized carbons (Fsp3) is 0.350. The van der Waals surface area contributed by atoms with Crippen molar-refractivity contribution in [3.63, 3.8) is 0 Å². The first-order valence-corrected chi connectivity index (χ1v) is 8.68. The van der Waals surface area contributed by atoms with E-state index in [9.17, 15) is 4.79 Å². The first-order chi connectivity index (χ1) is 12.7. The highest BCUT2D eigenvalue weighted by molar-refractivity contribution is 6.02. The highest BCUT2D eigenvalue weighted by Gasteiger charge is 2.41. The van der Waals surface area contributed by atoms with Crippen molar-refractivity contribution in [1.82, 2.24) is 4.90 Å². The average Bonchev–Trinajstić information content (AvgIpc) is 3.15. The Balaban J connectivity index is 1.61. The van der Waals surface area contributed by atoms with Crippen molar-refractivity contribution in [2.24, 2.45) is 0 Å². The number of rotatable bonds is 2. The molecule has 1 unspecified atom stereocenters. The largest absolute Gasteiger partial charge is 0.493 e. The minimum absolute atomic E-state index is 0.000993. The number of methoxy groups -OCH3 is 2. The Kier molecular flexibility index (Phi) is 3.29. The fourth-order valence-corrected chi connectivity index (χ4v) is 4.27. The third-order valence-electron chi connectivity index (χ3n) is 5.52. The van der Waals surface area contributed by atoms with Gasteiger partial charge in [0.15, 0.2) is 23.0 Å². The van der Waals surface area contributed by atoms with E-state index in [1.165, 1.54) is 11.1 Å². The minimum Gasteiger partial charge on any atom is -0.493 e. The van der Waals surface area contributed by atoms with E-state index < -0.39 is 0 Å². The molecule has 0 fully saturated rings. The Hall–Kier alpha value is -2.89. The molecule has 0 radical (unpaired) electrons. The van der Waals surface area contributed by atoms with Gasteiger partial charge in [0, 0.05) is 6.54 Å². The summed E-state index contributed by atoms with van der Waals surface area (Å²) >= 11 is 0. The lowest BCUT2D eigenvalue weighted by molar-refractivity contribution is 0.0730. The molecular weight excluding hydrogens is 334 g/mol. The van der Waals surface area contributed by atoms with Gasteiger partial charge < -0.3 is 23.8 Å². The Morgan fingerprint density at radius 1 is 1.08 bits per heavy atom. The Bertz CT molecular complexity index is 923. The highest BCUT2D eigenvalue weighted by atomic mass is 16.7. The van der Waals surface area contributed by atoms with Crippen LogP contribution in [0.15, 0.2) is 24.3 Å². The molecule has 2 aromatic rings. The van der Waals surface area contributed by atoms with Crippen molar-refractivity contribution in [3.05, 3.63) is 46.5 Å². The van der Waals surface area contributed by atoms with Crippen LogP contribution in [0.2, 0.25) is 0 Å². The molecule has 3 heterocycles. The predicted octanol–water partition coefficient (Wildman–Crippen LogP) is 2.73. The van der Waals surface area contributed by atoms with Crippen molar-refractivity contribution in [2.45, 2.75) is 18.9 Å². The van der Waals surface area contributed by atoms with Crippen LogP contribution in [-0.2, 0) is 12.8 Å². The topological polar surface area (TPSA) is 57.2 Å². The zero-order chi connectivity index (χ0) is 17.8. The van der Waals surface area contributed by atoms with Crippen molar-refractivity contribution < 1.29 is 23.7 Å². The summed E-state index contributed by atoms with van der Waals surface area (Å²) in [4.78, 5) is 15.1. The second kappa shape index (κ2) is 5.56. The molecule has 1 amide bonds. The molecule has 3 aliphatic heterocycles. The molecule has 5 rings (SSSR count). The molecule has 0 bridgehead atoms. The molecule has 0 aromatic heterocycles. The molecule has 26 heavy (non-hydrogen) atoms. The molecule has 6 nitrogen and oxygen atoms in total. The molecule has 0 N–H and O–H groups in total. The highest BCUT2D eigenvalue weighted by Crippen LogP contribution is 2.47. The van der Waals surface area contributed by atoms with Gasteiger partial charge in [-0.15, -0.1) is 0 Å². The number of hydrogen-bond donors (Lipinski definition) is 0. The maximum absolute atomic E-state index is 13.1. The normalized spacial score (nSPS) is 19.5. The van der Waals surface area contributed by atoms with Crippen molar-refractivity contribution in [3.8, 4) is 23.0 Å². The van der Waals surface area contributed by atoms with Gasteiger partial charge in [0.25, 0.3) is 5.91 Å². The molecule has 0 aliphatic carbocycles. The first-order valence-electron chi connectivity index (χ1n) is 8.68. The van der Waals surface area contributed by atoms with E-state index >= 15 is 0 Å². The molecular formula is C20H19NO5. The van der Waals surface area contributed by atoms with E-state index in [0.29, 0.717) is 23.6 Å². The molecule has 3 aliphatic rings. The first kappa shape index (κ1) is 15.4. The number of fused-ring (bicyclic) bond motifs is 5. The summed E-state index contributed by atoms with van der Waals surface area (Å²) in [7, 11) is 3.16. The van der Waals surface area contributed by atoms with Crippen LogP contribution in [0.25, 0.3) is 0 Å². The second-order valence-corrected chi connectivity index (χ2v) is 6.71. The summed E-state index contributed by atoms with van der Waals surface area (Å²) in [6.07, 6.45) is 1.54. The van der Waals surface area contributed by atoms with E-state index in [4.69, 9.17) is 18.9 Å². The minimum atomic E-state index is -0.000993. The lowest BCUT2D eigenvalue weighted by atomic mass is 9.95. The average molecular weight is 353 g/mol. The molecule has 1 atom stereocenters. The van der Waals surface area contributed by atoms with Crippen LogP contribution in [0.3, 0.4) is 0 Å². The number of carbonyl (C=O) groups excluding carboxylic acids is 1. The van der Waals surface area contributed by atoms with Crippen LogP contribution >= 0.6 is 0 Å². The maximum Gasteiger partial charge on any atom is 0.258 e. The summed E-state index contributed by atoms with van der Waals surface area (Å²) in [5, 5.41) is 0. The second-order valence-electron chi connectivity index (χ2n) is 6.71. The third kappa shape index (κ3) is 2.01. The van der Waals surface area contributed by atoms with E-state index in [2.05, 4.69) is 12.1 Å². The summed E-state index contributed by atoms with van der Waals surface area (Å²) < 4.78 is 21.9. The van der Waals surface area contributed by atoms with Crippen molar-refractivity contribution in [1.29, 1.82) is 0 Å². The molecule has 2 aromatic carbocycles. The summed E-state index contributed by atoms with van der Waals surface area (Å²) in [5.74, 6) is 2.70. The lowest BCUT2D eigenvalue weighted by Gasteiger charge is -2.22. The Morgan fingerprint density at radius 2 is 1.85 bits per heavy atom. The smallest absolute Gasteiger partial charge is 0.258 e. The lowest BCUT2D eigenvalue weighted by Crippen LogP contribution is -2.29. The fourth-order valence-electron chi connectivity index (χ4n) is 4.27. The van der Waals surface area contributed by atoms with Crippen LogP contribution in [0.5, 0.6) is 23.0 Å². The van der Waals surface area contributed by atoms with Gasteiger partial charge in [-0.2, -0.15) is 0 Å². The van der Waals surface area contributed by atoms with Crippen LogP contribution in [0, 0.1) is 0 Å². The Morgan fingerprint density at radius 3 is 2.58 bits per heavy atom. The van der Waals surface area contributed by atoms with Gasteiger partial charge in [-0.1, -0.05) is 6.07 Å². The van der Waals surface area contributed by atoms with Gasteiger partial charge in [0.1, 0.15) is 0 Å². The summed E-state index contributed by atoms with van der Waals surface area (Å²) in [6.45, 7) is 0.933. The van der Waals surface area contributed by atoms with Crippen LogP contribution < -0.4 is 18.9 Å². The molecule has 0 saturated heterocycles. The molecule has 0 spiro atoms. The number of ether oxygens (including phenoxy) is 4. The number of nitrogens with zero attached hydrogens (tertiary/aromatic N) is 1. The maximum atomic E-state index is 13.1. The SMILES string of the molecule is COc1ccc2c(c1OC)C(=O)N1CCc3cc4c(cc3CC21)OCO4. The molecule has 134 valence electrons. The quantitative estimate of drug-likeness (QED) is 0.831. The van der Waals surface area contributed by atoms with Crippen LogP contribution in [0.1, 0.15) is 33.1 Å². The zero-order valence-corrected chi connectivity index (χ0v) is 14.7. The van der Waals surface area contributed by atoms with E-state index in [1.54, 1.807) is 14.2 Å². The third-order valence-corrected chi connectivity index (χ3v) is 5.52. The van der Waals surface area contributed by atoms with Gasteiger partial charge in [-0.25, -0.2) is 0 Å². The van der Waals surface area contributed by atoms with Crippen molar-refractivity contribution in [2.75, 3.05) is 27.6 Å². The number of amides is 1. The number of hydrogen-bond acceptors (Lipinski definition) is 5. The summed E-state index contributed by atoms with van der Waals surface area (Å²) in [5.41, 5.74) is 4.05. The number of benzene rings is 2. The predicted molar refractivity (Wildman–Crippen MR) is 93.3 cm³/mol. The monoisotopic (exact) mass is 353 g/mol. The van der Waals surface area contributed by atoms with Crippen LogP contribution in [-0.4, -0.2) is 38.4 Å². The number of carbonyl (C=O) groups is 1. The van der Waals surface area contributed by atoms with Crippen LogP contribution in [0.4, 0.5) is 0 Å². The van der Waals surface area contributed by atoms with E-state index in [-0.39, 0.29) is 18.7 Å². The Labute approximate surface area is 151 Å². The van der Waals surface area contributed by atoms with Gasteiger partial charge in [0.2, 0.25) is 6.79 Å². The molecule has 0 saturated carbocycles. The van der Waals surface area contributed by atoms with Gasteiger partial charge in [0.05, 0.1) is 25.8 Å². The van der Waals surface area contributed by atoms with Gasteiger partial charge in [-0.3, -0.25) is 4.79 Å². The standard InChI is InChI=1S/C20H19NO5/c1-23-15-4-3-13-14-7-12-9-17-16(25-10-26-17)8-11(12)5-6-21(14)20(22)18(13)19(15)24-2/h3-4,8-9,14H,5-7,10H2,1-2H3. The van der Waals surface area contributed by atoms with E-state index in [0.717, 1.165) is 29.9 Å². The van der Waals surface area contributed by atoms with Gasteiger partial charge in [-0.05, 0) is 47.7 Å². The summed E-state index contributed by atoms with van der Waals surface area (Å²) in [6, 6.07) is 7.97.